The number of hydrogen-bond acceptors (Lipinski definition) is 10. The maximum Gasteiger partial charge on any atom is 0.206 e. The summed E-state index contributed by atoms with van der Waals surface area (Å²) in [6, 6.07) is 13.4. The lowest BCUT2D eigenvalue weighted by Gasteiger charge is -2.33. The maximum atomic E-state index is 10.3. The summed E-state index contributed by atoms with van der Waals surface area (Å²) in [6.45, 7) is 6.62. The van der Waals surface area contributed by atoms with Crippen molar-refractivity contribution in [3.8, 4) is 34.9 Å². The number of para-hydroxylation sites is 1. The van der Waals surface area contributed by atoms with Crippen LogP contribution >= 0.6 is 0 Å². The summed E-state index contributed by atoms with van der Waals surface area (Å²) in [7, 11) is 0. The number of aromatic hydroxyl groups is 1. The van der Waals surface area contributed by atoms with Crippen molar-refractivity contribution in [2.24, 2.45) is 5.92 Å². The van der Waals surface area contributed by atoms with Gasteiger partial charge in [0.2, 0.25) is 5.82 Å². The molecule has 0 spiro atoms. The molecular formula is C27H29N9O. The van der Waals surface area contributed by atoms with Crippen LogP contribution in [0.25, 0.3) is 11.3 Å². The summed E-state index contributed by atoms with van der Waals surface area (Å²) in [5, 5.41) is 27.6. The molecule has 0 aliphatic carbocycles. The van der Waals surface area contributed by atoms with Crippen molar-refractivity contribution in [3.63, 3.8) is 0 Å². The minimum Gasteiger partial charge on any atom is -0.507 e. The highest BCUT2D eigenvalue weighted by Gasteiger charge is 2.26. The van der Waals surface area contributed by atoms with Crippen molar-refractivity contribution in [2.75, 3.05) is 54.8 Å². The number of nitrogens with two attached hydrogens (primary N) is 1. The normalized spacial score (nSPS) is 18.3. The van der Waals surface area contributed by atoms with E-state index in [9.17, 15) is 5.11 Å². The van der Waals surface area contributed by atoms with Gasteiger partial charge in [0, 0.05) is 50.5 Å². The van der Waals surface area contributed by atoms with Crippen molar-refractivity contribution in [1.82, 2.24) is 25.1 Å². The summed E-state index contributed by atoms with van der Waals surface area (Å²) in [4.78, 5) is 15.7. The van der Waals surface area contributed by atoms with E-state index < -0.39 is 0 Å². The lowest BCUT2D eigenvalue weighted by molar-refractivity contribution is 0.156. The molecule has 2 saturated heterocycles. The molecule has 2 aromatic heterocycles. The second-order valence-electron chi connectivity index (χ2n) is 9.40. The van der Waals surface area contributed by atoms with Gasteiger partial charge >= 0.3 is 0 Å². The zero-order chi connectivity index (χ0) is 25.8. The SMILES string of the molecule is C[C@@H]1CCN(c2cc(-c3ccccc3O)nnc2N)CCN1c1ccnc(C#CCN2CC(C#N)C2)n1. The Kier molecular flexibility index (Phi) is 7.02. The number of nitriles is 1. The first kappa shape index (κ1) is 24.3. The number of anilines is 3. The lowest BCUT2D eigenvalue weighted by atomic mass is 10.0. The number of phenolic OH excluding ortho intramolecular Hbond substituents is 1. The molecule has 0 amide bonds. The molecule has 10 heteroatoms. The zero-order valence-corrected chi connectivity index (χ0v) is 20.7. The summed E-state index contributed by atoms with van der Waals surface area (Å²) in [5.41, 5.74) is 8.25. The Balaban J connectivity index is 1.29. The molecule has 37 heavy (non-hydrogen) atoms. The Morgan fingerprint density at radius 3 is 2.78 bits per heavy atom. The first-order valence-corrected chi connectivity index (χ1v) is 12.4. The number of likely N-dealkylation sites (tertiary alicyclic amines) is 1. The second kappa shape index (κ2) is 10.7. The maximum absolute atomic E-state index is 10.3. The molecule has 0 bridgehead atoms. The average molecular weight is 496 g/mol. The number of aromatic nitrogens is 4. The smallest absolute Gasteiger partial charge is 0.206 e. The van der Waals surface area contributed by atoms with E-state index in [-0.39, 0.29) is 17.7 Å². The second-order valence-corrected chi connectivity index (χ2v) is 9.40. The van der Waals surface area contributed by atoms with Crippen molar-refractivity contribution in [3.05, 3.63) is 48.4 Å². The third-order valence-corrected chi connectivity index (χ3v) is 6.86. The van der Waals surface area contributed by atoms with Gasteiger partial charge in [0.1, 0.15) is 11.6 Å². The highest BCUT2D eigenvalue weighted by atomic mass is 16.3. The van der Waals surface area contributed by atoms with Gasteiger partial charge in [-0.25, -0.2) is 9.97 Å². The third kappa shape index (κ3) is 5.40. The number of benzene rings is 1. The molecule has 10 nitrogen and oxygen atoms in total. The molecule has 5 rings (SSSR count). The van der Waals surface area contributed by atoms with Crippen LogP contribution in [-0.2, 0) is 0 Å². The average Bonchev–Trinajstić information content (AvgIpc) is 3.08. The monoisotopic (exact) mass is 495 g/mol. The largest absolute Gasteiger partial charge is 0.507 e. The van der Waals surface area contributed by atoms with Crippen LogP contribution in [0.4, 0.5) is 17.3 Å². The Morgan fingerprint density at radius 2 is 1.97 bits per heavy atom. The fraction of sp³-hybridized carbons (Fsp3) is 0.370. The van der Waals surface area contributed by atoms with Gasteiger partial charge in [0.15, 0.2) is 5.82 Å². The van der Waals surface area contributed by atoms with Crippen LogP contribution in [0.15, 0.2) is 42.6 Å². The molecule has 1 aromatic carbocycles. The predicted octanol–water partition coefficient (Wildman–Crippen LogP) is 2.13. The molecule has 4 heterocycles. The Morgan fingerprint density at radius 1 is 1.14 bits per heavy atom. The van der Waals surface area contributed by atoms with E-state index in [1.807, 2.05) is 24.3 Å². The minimum atomic E-state index is 0.126. The highest BCUT2D eigenvalue weighted by Crippen LogP contribution is 2.32. The van der Waals surface area contributed by atoms with E-state index in [0.29, 0.717) is 29.4 Å². The Hall–Kier alpha value is -4.41. The number of hydrogen-bond donors (Lipinski definition) is 2. The summed E-state index contributed by atoms with van der Waals surface area (Å²) >= 11 is 0. The molecular weight excluding hydrogens is 466 g/mol. The number of rotatable bonds is 4. The van der Waals surface area contributed by atoms with Crippen LogP contribution in [0.3, 0.4) is 0 Å². The fourth-order valence-corrected chi connectivity index (χ4v) is 4.69. The summed E-state index contributed by atoms with van der Waals surface area (Å²) in [6.07, 6.45) is 2.65. The Bertz CT molecular complexity index is 1370. The fourth-order valence-electron chi connectivity index (χ4n) is 4.69. The van der Waals surface area contributed by atoms with Crippen LogP contribution in [0.2, 0.25) is 0 Å². The van der Waals surface area contributed by atoms with Crippen LogP contribution in [0.1, 0.15) is 19.2 Å². The van der Waals surface area contributed by atoms with Gasteiger partial charge in [-0.05, 0) is 43.5 Å². The number of nitrogen functional groups attached to an aromatic ring is 1. The van der Waals surface area contributed by atoms with Gasteiger partial charge in [-0.1, -0.05) is 18.1 Å². The minimum absolute atomic E-state index is 0.126. The zero-order valence-electron chi connectivity index (χ0n) is 20.7. The van der Waals surface area contributed by atoms with E-state index in [1.165, 1.54) is 0 Å². The highest BCUT2D eigenvalue weighted by molar-refractivity contribution is 5.74. The van der Waals surface area contributed by atoms with E-state index in [0.717, 1.165) is 50.6 Å². The first-order chi connectivity index (χ1) is 18.0. The number of nitrogens with zero attached hydrogens (tertiary/aromatic N) is 8. The predicted molar refractivity (Wildman–Crippen MR) is 142 cm³/mol. The Labute approximate surface area is 216 Å². The van der Waals surface area contributed by atoms with Gasteiger partial charge in [-0.2, -0.15) is 5.26 Å². The van der Waals surface area contributed by atoms with Crippen LogP contribution in [0.5, 0.6) is 5.75 Å². The third-order valence-electron chi connectivity index (χ3n) is 6.86. The van der Waals surface area contributed by atoms with Crippen LogP contribution in [-0.4, -0.2) is 75.5 Å². The van der Waals surface area contributed by atoms with Gasteiger partial charge in [0.05, 0.1) is 29.9 Å². The van der Waals surface area contributed by atoms with Crippen molar-refractivity contribution < 1.29 is 5.11 Å². The van der Waals surface area contributed by atoms with Crippen molar-refractivity contribution in [1.29, 1.82) is 5.26 Å². The van der Waals surface area contributed by atoms with Gasteiger partial charge in [-0.15, -0.1) is 10.2 Å². The van der Waals surface area contributed by atoms with Crippen LogP contribution < -0.4 is 15.5 Å². The molecule has 2 fully saturated rings. The van der Waals surface area contributed by atoms with E-state index >= 15 is 0 Å². The quantitative estimate of drug-likeness (QED) is 0.519. The topological polar surface area (TPSA) is 131 Å². The summed E-state index contributed by atoms with van der Waals surface area (Å²) < 4.78 is 0. The van der Waals surface area contributed by atoms with Crippen LogP contribution in [0, 0.1) is 29.1 Å². The number of phenols is 1. The molecule has 3 aromatic rings. The van der Waals surface area contributed by atoms with E-state index in [4.69, 9.17) is 16.0 Å². The summed E-state index contributed by atoms with van der Waals surface area (Å²) in [5.74, 6) is 8.19. The van der Waals surface area contributed by atoms with E-state index in [1.54, 1.807) is 18.3 Å². The van der Waals surface area contributed by atoms with Gasteiger partial charge in [0.25, 0.3) is 0 Å². The molecule has 0 radical (unpaired) electrons. The van der Waals surface area contributed by atoms with E-state index in [2.05, 4.69) is 54.7 Å². The van der Waals surface area contributed by atoms with Crippen molar-refractivity contribution in [2.45, 2.75) is 19.4 Å². The van der Waals surface area contributed by atoms with Crippen molar-refractivity contribution >= 4 is 17.3 Å². The standard InChI is InChI=1S/C27H29N9O/c1-19-9-12-35(23-15-22(32-33-27(23)29)21-5-2-3-6-24(21)37)13-14-36(19)26-8-10-30-25(31-26)7-4-11-34-17-20(16-28)18-34/h2-3,5-6,8,10,15,19-20,37H,9,11-14,17-18H2,1H3,(H2,29,33)/t19-/m1/s1. The lowest BCUT2D eigenvalue weighted by Crippen LogP contribution is -2.45. The van der Waals surface area contributed by atoms with Gasteiger partial charge in [-0.3, -0.25) is 4.90 Å². The molecule has 0 saturated carbocycles. The molecule has 3 N–H and O–H groups in total. The molecule has 1 atom stereocenters. The molecule has 188 valence electrons. The molecule has 0 unspecified atom stereocenters. The molecule has 2 aliphatic heterocycles. The van der Waals surface area contributed by atoms with Gasteiger partial charge < -0.3 is 20.6 Å². The first-order valence-electron chi connectivity index (χ1n) is 12.4. The molecule has 2 aliphatic rings.